The molecule has 0 aliphatic carbocycles. The molecule has 2 N–H and O–H groups in total. The lowest BCUT2D eigenvalue weighted by Gasteiger charge is -2.09. The fraction of sp³-hybridized carbons (Fsp3) is 0.429. The number of rotatable bonds is 7. The fourth-order valence-electron chi connectivity index (χ4n) is 1.62. The topological polar surface area (TPSA) is 76.7 Å². The predicted octanol–water partition coefficient (Wildman–Crippen LogP) is 0.960. The molecule has 0 aliphatic heterocycles. The number of ether oxygens (including phenoxy) is 2. The summed E-state index contributed by atoms with van der Waals surface area (Å²) in [7, 11) is 4.64. The van der Waals surface area contributed by atoms with Crippen LogP contribution in [-0.4, -0.2) is 39.6 Å². The van der Waals surface area contributed by atoms with Crippen molar-refractivity contribution in [2.75, 3.05) is 27.8 Å². The van der Waals surface area contributed by atoms with Gasteiger partial charge in [0.05, 0.1) is 14.2 Å². The lowest BCUT2D eigenvalue weighted by molar-refractivity contribution is -0.120. The predicted molar refractivity (Wildman–Crippen MR) is 75.2 cm³/mol. The highest BCUT2D eigenvalue weighted by Crippen LogP contribution is 2.22. The Morgan fingerprint density at radius 3 is 2.20 bits per heavy atom. The highest BCUT2D eigenvalue weighted by atomic mass is 16.5. The van der Waals surface area contributed by atoms with Gasteiger partial charge < -0.3 is 20.1 Å². The van der Waals surface area contributed by atoms with Crippen molar-refractivity contribution in [3.8, 4) is 11.5 Å². The summed E-state index contributed by atoms with van der Waals surface area (Å²) < 4.78 is 10.2. The van der Waals surface area contributed by atoms with Gasteiger partial charge in [0.1, 0.15) is 11.5 Å². The Hall–Kier alpha value is -2.24. The minimum Gasteiger partial charge on any atom is -0.497 e. The van der Waals surface area contributed by atoms with Gasteiger partial charge in [-0.2, -0.15) is 0 Å². The molecule has 0 saturated carbocycles. The van der Waals surface area contributed by atoms with Crippen LogP contribution in [0.1, 0.15) is 23.2 Å². The largest absolute Gasteiger partial charge is 0.497 e. The molecule has 1 aromatic carbocycles. The summed E-state index contributed by atoms with van der Waals surface area (Å²) in [4.78, 5) is 23.0. The zero-order valence-corrected chi connectivity index (χ0v) is 12.0. The standard InChI is InChI=1S/C14H20N2O4/c1-15-13(17)5-4-6-16-14(18)10-7-11(19-2)9-12(8-10)20-3/h7-9H,4-6H2,1-3H3,(H,15,17)(H,16,18). The summed E-state index contributed by atoms with van der Waals surface area (Å²) in [5.74, 6) is 0.848. The smallest absolute Gasteiger partial charge is 0.251 e. The monoisotopic (exact) mass is 280 g/mol. The van der Waals surface area contributed by atoms with Gasteiger partial charge in [-0.15, -0.1) is 0 Å². The Morgan fingerprint density at radius 2 is 1.70 bits per heavy atom. The van der Waals surface area contributed by atoms with Crippen LogP contribution in [0.5, 0.6) is 11.5 Å². The first kappa shape index (κ1) is 15.8. The number of hydrogen-bond donors (Lipinski definition) is 2. The molecule has 0 fully saturated rings. The Morgan fingerprint density at radius 1 is 1.10 bits per heavy atom. The van der Waals surface area contributed by atoms with E-state index in [1.807, 2.05) is 0 Å². The van der Waals surface area contributed by atoms with Crippen molar-refractivity contribution < 1.29 is 19.1 Å². The minimum atomic E-state index is -0.223. The van der Waals surface area contributed by atoms with E-state index in [4.69, 9.17) is 9.47 Å². The molecule has 20 heavy (non-hydrogen) atoms. The first-order valence-corrected chi connectivity index (χ1v) is 6.32. The second kappa shape index (κ2) is 8.04. The van der Waals surface area contributed by atoms with Crippen molar-refractivity contribution in [2.45, 2.75) is 12.8 Å². The summed E-state index contributed by atoms with van der Waals surface area (Å²) in [6.07, 6.45) is 0.977. The molecule has 0 bridgehead atoms. The molecule has 0 atom stereocenters. The van der Waals surface area contributed by atoms with Crippen LogP contribution in [0.2, 0.25) is 0 Å². The Balaban J connectivity index is 2.56. The molecule has 6 nitrogen and oxygen atoms in total. The number of carbonyl (C=O) groups excluding carboxylic acids is 2. The number of nitrogens with one attached hydrogen (secondary N) is 2. The first-order chi connectivity index (χ1) is 9.60. The first-order valence-electron chi connectivity index (χ1n) is 6.32. The molecular formula is C14H20N2O4. The Kier molecular flexibility index (Phi) is 6.36. The van der Waals surface area contributed by atoms with Gasteiger partial charge >= 0.3 is 0 Å². The highest BCUT2D eigenvalue weighted by Gasteiger charge is 2.09. The molecule has 0 unspecified atom stereocenters. The number of methoxy groups -OCH3 is 2. The van der Waals surface area contributed by atoms with Crippen LogP contribution < -0.4 is 20.1 Å². The van der Waals surface area contributed by atoms with Gasteiger partial charge in [-0.05, 0) is 18.6 Å². The van der Waals surface area contributed by atoms with E-state index in [0.717, 1.165) is 0 Å². The van der Waals surface area contributed by atoms with Crippen LogP contribution >= 0.6 is 0 Å². The zero-order valence-electron chi connectivity index (χ0n) is 12.0. The maximum Gasteiger partial charge on any atom is 0.251 e. The summed E-state index contributed by atoms with van der Waals surface area (Å²) in [5, 5.41) is 5.28. The van der Waals surface area contributed by atoms with E-state index in [2.05, 4.69) is 10.6 Å². The van der Waals surface area contributed by atoms with Gasteiger partial charge in [0.2, 0.25) is 5.91 Å². The lowest BCUT2D eigenvalue weighted by atomic mass is 10.2. The van der Waals surface area contributed by atoms with Gasteiger partial charge in [0, 0.05) is 31.6 Å². The molecule has 0 aromatic heterocycles. The molecule has 0 heterocycles. The third kappa shape index (κ3) is 4.79. The van der Waals surface area contributed by atoms with Crippen molar-refractivity contribution in [1.82, 2.24) is 10.6 Å². The normalized spacial score (nSPS) is 9.75. The number of carbonyl (C=O) groups is 2. The average Bonchev–Trinajstić information content (AvgIpc) is 2.50. The third-order valence-electron chi connectivity index (χ3n) is 2.76. The van der Waals surface area contributed by atoms with Gasteiger partial charge in [-0.3, -0.25) is 9.59 Å². The van der Waals surface area contributed by atoms with E-state index in [9.17, 15) is 9.59 Å². The average molecular weight is 280 g/mol. The maximum absolute atomic E-state index is 12.0. The van der Waals surface area contributed by atoms with E-state index in [-0.39, 0.29) is 11.8 Å². The highest BCUT2D eigenvalue weighted by molar-refractivity contribution is 5.95. The molecule has 0 spiro atoms. The van der Waals surface area contributed by atoms with Crippen molar-refractivity contribution >= 4 is 11.8 Å². The summed E-state index contributed by atoms with van der Waals surface area (Å²) in [5.41, 5.74) is 0.459. The fourth-order valence-corrected chi connectivity index (χ4v) is 1.62. The van der Waals surface area contributed by atoms with Crippen LogP contribution in [-0.2, 0) is 4.79 Å². The molecule has 1 rings (SSSR count). The summed E-state index contributed by atoms with van der Waals surface area (Å²) in [6, 6.07) is 4.97. The number of amides is 2. The lowest BCUT2D eigenvalue weighted by Crippen LogP contribution is -2.26. The third-order valence-corrected chi connectivity index (χ3v) is 2.76. The van der Waals surface area contributed by atoms with E-state index in [0.29, 0.717) is 36.4 Å². The summed E-state index contributed by atoms with van der Waals surface area (Å²) >= 11 is 0. The molecule has 1 aromatic rings. The number of benzene rings is 1. The second-order valence-electron chi connectivity index (χ2n) is 4.13. The summed E-state index contributed by atoms with van der Waals surface area (Å²) in [6.45, 7) is 0.436. The van der Waals surface area contributed by atoms with Crippen molar-refractivity contribution in [2.24, 2.45) is 0 Å². The Labute approximate surface area is 118 Å². The molecule has 0 aliphatic rings. The van der Waals surface area contributed by atoms with E-state index < -0.39 is 0 Å². The van der Waals surface area contributed by atoms with Crippen LogP contribution in [0.15, 0.2) is 18.2 Å². The molecule has 0 radical (unpaired) electrons. The molecule has 110 valence electrons. The zero-order chi connectivity index (χ0) is 15.0. The van der Waals surface area contributed by atoms with Crippen LogP contribution in [0, 0.1) is 0 Å². The SMILES string of the molecule is CNC(=O)CCCNC(=O)c1cc(OC)cc(OC)c1. The van der Waals surface area contributed by atoms with Crippen LogP contribution in [0.3, 0.4) is 0 Å². The quantitative estimate of drug-likeness (QED) is 0.729. The molecule has 0 saturated heterocycles. The van der Waals surface area contributed by atoms with Crippen molar-refractivity contribution in [3.05, 3.63) is 23.8 Å². The van der Waals surface area contributed by atoms with E-state index >= 15 is 0 Å². The van der Waals surface area contributed by atoms with Gasteiger partial charge in [0.25, 0.3) is 5.91 Å². The van der Waals surface area contributed by atoms with Crippen molar-refractivity contribution in [3.63, 3.8) is 0 Å². The molecule has 6 heteroatoms. The number of hydrogen-bond acceptors (Lipinski definition) is 4. The maximum atomic E-state index is 12.0. The van der Waals surface area contributed by atoms with E-state index in [1.165, 1.54) is 14.2 Å². The van der Waals surface area contributed by atoms with Crippen LogP contribution in [0.25, 0.3) is 0 Å². The Bertz CT molecular complexity index is 452. The van der Waals surface area contributed by atoms with E-state index in [1.54, 1.807) is 25.2 Å². The van der Waals surface area contributed by atoms with Gasteiger partial charge in [0.15, 0.2) is 0 Å². The molecular weight excluding hydrogens is 260 g/mol. The second-order valence-corrected chi connectivity index (χ2v) is 4.13. The van der Waals surface area contributed by atoms with Gasteiger partial charge in [-0.25, -0.2) is 0 Å². The molecule has 2 amide bonds. The minimum absolute atomic E-state index is 0.0395. The van der Waals surface area contributed by atoms with Crippen molar-refractivity contribution in [1.29, 1.82) is 0 Å². The van der Waals surface area contributed by atoms with Crippen LogP contribution in [0.4, 0.5) is 0 Å². The van der Waals surface area contributed by atoms with Gasteiger partial charge in [-0.1, -0.05) is 0 Å².